The molecule has 0 fully saturated rings. The molecule has 0 unspecified atom stereocenters. The van der Waals surface area contributed by atoms with Crippen LogP contribution in [0.25, 0.3) is 0 Å². The van der Waals surface area contributed by atoms with E-state index >= 15 is 0 Å². The zero-order valence-corrected chi connectivity index (χ0v) is 11.6. The number of nitrogens with one attached hydrogen (secondary N) is 1. The van der Waals surface area contributed by atoms with E-state index in [2.05, 4.69) is 24.2 Å². The van der Waals surface area contributed by atoms with Crippen molar-refractivity contribution in [3.05, 3.63) is 24.0 Å². The van der Waals surface area contributed by atoms with Crippen molar-refractivity contribution in [1.82, 2.24) is 0 Å². The third-order valence-electron chi connectivity index (χ3n) is 2.65. The van der Waals surface area contributed by atoms with Crippen molar-refractivity contribution < 1.29 is 9.13 Å². The molecular formula is C13H17FN2OS. The van der Waals surface area contributed by atoms with Crippen LogP contribution in [-0.2, 0) is 0 Å². The van der Waals surface area contributed by atoms with Gasteiger partial charge >= 0.3 is 0 Å². The van der Waals surface area contributed by atoms with E-state index < -0.39 is 0 Å². The van der Waals surface area contributed by atoms with Crippen LogP contribution >= 0.6 is 11.8 Å². The summed E-state index contributed by atoms with van der Waals surface area (Å²) in [5.41, 5.74) is 0.931. The van der Waals surface area contributed by atoms with Crippen LogP contribution in [-0.4, -0.2) is 24.6 Å². The van der Waals surface area contributed by atoms with Gasteiger partial charge in [0.1, 0.15) is 0 Å². The standard InChI is InChI=1S/C13H17FN2OS/c1-13(2)7-15-12(18-8-13)16-9-4-5-11(17-3)10(14)6-9/h4-6H,7-8H2,1-3H3,(H,15,16). The Morgan fingerprint density at radius 3 is 2.78 bits per heavy atom. The molecule has 1 aromatic carbocycles. The van der Waals surface area contributed by atoms with Crippen LogP contribution in [0.2, 0.25) is 0 Å². The summed E-state index contributed by atoms with van der Waals surface area (Å²) in [4.78, 5) is 4.46. The molecule has 1 heterocycles. The first-order valence-corrected chi connectivity index (χ1v) is 6.76. The molecule has 18 heavy (non-hydrogen) atoms. The summed E-state index contributed by atoms with van der Waals surface area (Å²) < 4.78 is 18.4. The van der Waals surface area contributed by atoms with Crippen LogP contribution < -0.4 is 10.1 Å². The molecule has 0 amide bonds. The maximum absolute atomic E-state index is 13.5. The average molecular weight is 268 g/mol. The highest BCUT2D eigenvalue weighted by molar-refractivity contribution is 8.14. The second-order valence-electron chi connectivity index (χ2n) is 5.05. The highest BCUT2D eigenvalue weighted by atomic mass is 32.2. The van der Waals surface area contributed by atoms with Crippen LogP contribution in [0.4, 0.5) is 10.1 Å². The number of nitrogens with zero attached hydrogens (tertiary/aromatic N) is 1. The molecule has 0 saturated carbocycles. The van der Waals surface area contributed by atoms with Gasteiger partial charge in [-0.25, -0.2) is 4.39 Å². The second kappa shape index (κ2) is 5.18. The topological polar surface area (TPSA) is 33.6 Å². The molecule has 0 spiro atoms. The molecule has 0 atom stereocenters. The van der Waals surface area contributed by atoms with Gasteiger partial charge in [-0.3, -0.25) is 4.99 Å². The molecule has 2 rings (SSSR count). The number of hydrogen-bond acceptors (Lipinski definition) is 4. The number of anilines is 1. The lowest BCUT2D eigenvalue weighted by Crippen LogP contribution is -2.27. The Labute approximate surface area is 111 Å². The molecule has 0 aliphatic carbocycles. The number of methoxy groups -OCH3 is 1. The summed E-state index contributed by atoms with van der Waals surface area (Å²) in [5, 5.41) is 3.97. The first-order valence-electron chi connectivity index (χ1n) is 5.78. The lowest BCUT2D eigenvalue weighted by atomic mass is 9.97. The molecule has 98 valence electrons. The predicted molar refractivity (Wildman–Crippen MR) is 75.1 cm³/mol. The SMILES string of the molecule is COc1ccc(NC2=NCC(C)(C)CS2)cc1F. The van der Waals surface area contributed by atoms with Gasteiger partial charge < -0.3 is 10.1 Å². The summed E-state index contributed by atoms with van der Waals surface area (Å²) >= 11 is 1.67. The minimum atomic E-state index is -0.371. The molecule has 5 heteroatoms. The van der Waals surface area contributed by atoms with Gasteiger partial charge in [0.15, 0.2) is 16.7 Å². The smallest absolute Gasteiger partial charge is 0.167 e. The van der Waals surface area contributed by atoms with E-state index in [1.54, 1.807) is 23.9 Å². The third kappa shape index (κ3) is 3.16. The first-order chi connectivity index (χ1) is 8.50. The molecule has 1 N–H and O–H groups in total. The largest absolute Gasteiger partial charge is 0.494 e. The Balaban J connectivity index is 2.06. The van der Waals surface area contributed by atoms with Gasteiger partial charge in [0.05, 0.1) is 7.11 Å². The highest BCUT2D eigenvalue weighted by Gasteiger charge is 2.23. The fourth-order valence-electron chi connectivity index (χ4n) is 1.58. The van der Waals surface area contributed by atoms with Crippen LogP contribution in [0.3, 0.4) is 0 Å². The van der Waals surface area contributed by atoms with E-state index in [-0.39, 0.29) is 17.0 Å². The molecule has 1 aromatic rings. The molecule has 0 aromatic heterocycles. The number of rotatable bonds is 2. The third-order valence-corrected chi connectivity index (χ3v) is 4.08. The van der Waals surface area contributed by atoms with Gasteiger partial charge in [-0.15, -0.1) is 0 Å². The van der Waals surface area contributed by atoms with E-state index in [0.29, 0.717) is 5.69 Å². The van der Waals surface area contributed by atoms with E-state index in [9.17, 15) is 4.39 Å². The minimum absolute atomic E-state index is 0.237. The summed E-state index contributed by atoms with van der Waals surface area (Å²) in [5.74, 6) is 0.890. The zero-order chi connectivity index (χ0) is 13.2. The molecule has 0 bridgehead atoms. The number of benzene rings is 1. The van der Waals surface area contributed by atoms with Crippen LogP contribution in [0.5, 0.6) is 5.75 Å². The number of amidine groups is 1. The number of halogens is 1. The number of hydrogen-bond donors (Lipinski definition) is 1. The Morgan fingerprint density at radius 2 is 2.22 bits per heavy atom. The first kappa shape index (κ1) is 13.2. The van der Waals surface area contributed by atoms with Gasteiger partial charge in [-0.2, -0.15) is 0 Å². The molecular weight excluding hydrogens is 251 g/mol. The van der Waals surface area contributed by atoms with Crippen LogP contribution in [0.15, 0.2) is 23.2 Å². The van der Waals surface area contributed by atoms with E-state index in [4.69, 9.17) is 4.74 Å². The van der Waals surface area contributed by atoms with Crippen LogP contribution in [0.1, 0.15) is 13.8 Å². The van der Waals surface area contributed by atoms with Crippen molar-refractivity contribution in [1.29, 1.82) is 0 Å². The van der Waals surface area contributed by atoms with Gasteiger partial charge in [0, 0.05) is 24.1 Å². The molecule has 3 nitrogen and oxygen atoms in total. The van der Waals surface area contributed by atoms with Gasteiger partial charge in [0.2, 0.25) is 0 Å². The monoisotopic (exact) mass is 268 g/mol. The number of ether oxygens (including phenoxy) is 1. The molecule has 1 aliphatic rings. The van der Waals surface area contributed by atoms with Gasteiger partial charge in [0.25, 0.3) is 0 Å². The maximum atomic E-state index is 13.5. The van der Waals surface area contributed by atoms with Crippen molar-refractivity contribution in [3.8, 4) is 5.75 Å². The Morgan fingerprint density at radius 1 is 1.44 bits per heavy atom. The fourth-order valence-corrected chi connectivity index (χ4v) is 2.55. The highest BCUT2D eigenvalue weighted by Crippen LogP contribution is 2.29. The maximum Gasteiger partial charge on any atom is 0.167 e. The molecule has 0 radical (unpaired) electrons. The van der Waals surface area contributed by atoms with Gasteiger partial charge in [-0.1, -0.05) is 25.6 Å². The van der Waals surface area contributed by atoms with Gasteiger partial charge in [-0.05, 0) is 17.5 Å². The summed E-state index contributed by atoms with van der Waals surface area (Å²) in [6.45, 7) is 5.17. The minimum Gasteiger partial charge on any atom is -0.494 e. The summed E-state index contributed by atoms with van der Waals surface area (Å²) in [7, 11) is 1.45. The molecule has 1 aliphatic heterocycles. The second-order valence-corrected chi connectivity index (χ2v) is 6.01. The van der Waals surface area contributed by atoms with E-state index in [1.807, 2.05) is 0 Å². The number of thioether (sulfide) groups is 1. The normalized spacial score (nSPS) is 18.1. The summed E-state index contributed by atoms with van der Waals surface area (Å²) in [6.07, 6.45) is 0. The lowest BCUT2D eigenvalue weighted by molar-refractivity contribution is 0.387. The van der Waals surface area contributed by atoms with Crippen molar-refractivity contribution in [2.75, 3.05) is 24.7 Å². The lowest BCUT2D eigenvalue weighted by Gasteiger charge is -2.27. The Hall–Kier alpha value is -1.23. The van der Waals surface area contributed by atoms with E-state index in [1.165, 1.54) is 13.2 Å². The Bertz CT molecular complexity index is 474. The Kier molecular flexibility index (Phi) is 3.80. The van der Waals surface area contributed by atoms with Crippen molar-refractivity contribution >= 4 is 22.6 Å². The number of aliphatic imine (C=N–C) groups is 1. The van der Waals surface area contributed by atoms with Crippen LogP contribution in [0, 0.1) is 11.2 Å². The van der Waals surface area contributed by atoms with E-state index in [0.717, 1.165) is 17.5 Å². The molecule has 0 saturated heterocycles. The van der Waals surface area contributed by atoms with Crippen molar-refractivity contribution in [2.45, 2.75) is 13.8 Å². The quantitative estimate of drug-likeness (QED) is 0.892. The fraction of sp³-hybridized carbons (Fsp3) is 0.462. The zero-order valence-electron chi connectivity index (χ0n) is 10.8. The average Bonchev–Trinajstić information content (AvgIpc) is 2.32. The summed E-state index contributed by atoms with van der Waals surface area (Å²) in [6, 6.07) is 4.81. The van der Waals surface area contributed by atoms with Crippen molar-refractivity contribution in [2.24, 2.45) is 10.4 Å². The van der Waals surface area contributed by atoms with Crippen molar-refractivity contribution in [3.63, 3.8) is 0 Å². The predicted octanol–water partition coefficient (Wildman–Crippen LogP) is 3.38.